The van der Waals surface area contributed by atoms with E-state index >= 15 is 0 Å². The quantitative estimate of drug-likeness (QED) is 0.657. The Labute approximate surface area is 161 Å². The fourth-order valence-electron chi connectivity index (χ4n) is 2.17. The van der Waals surface area contributed by atoms with Crippen LogP contribution < -0.4 is 4.72 Å². The second-order valence-electron chi connectivity index (χ2n) is 5.25. The summed E-state index contributed by atoms with van der Waals surface area (Å²) >= 11 is 11.6. The third kappa shape index (κ3) is 4.18. The van der Waals surface area contributed by atoms with Crippen LogP contribution in [0.5, 0.6) is 0 Å². The number of halogens is 5. The molecule has 1 heterocycles. The number of hydrogen-bond donors (Lipinski definition) is 1. The molecule has 0 unspecified atom stereocenters. The van der Waals surface area contributed by atoms with E-state index < -0.39 is 21.8 Å². The van der Waals surface area contributed by atoms with Crippen LogP contribution in [0.2, 0.25) is 10.0 Å². The van der Waals surface area contributed by atoms with Gasteiger partial charge in [0.2, 0.25) is 0 Å². The highest BCUT2D eigenvalue weighted by Crippen LogP contribution is 2.34. The highest BCUT2D eigenvalue weighted by atomic mass is 35.5. The van der Waals surface area contributed by atoms with Crippen LogP contribution in [0, 0.1) is 0 Å². The largest absolute Gasteiger partial charge is 0.416 e. The number of rotatable bonds is 4. The van der Waals surface area contributed by atoms with Crippen molar-refractivity contribution >= 4 is 38.9 Å². The van der Waals surface area contributed by atoms with E-state index in [1.807, 2.05) is 0 Å². The van der Waals surface area contributed by atoms with Crippen molar-refractivity contribution in [2.45, 2.75) is 11.1 Å². The van der Waals surface area contributed by atoms with Gasteiger partial charge in [-0.15, -0.1) is 0 Å². The van der Waals surface area contributed by atoms with Crippen molar-refractivity contribution in [2.24, 2.45) is 0 Å². The van der Waals surface area contributed by atoms with E-state index in [9.17, 15) is 21.6 Å². The molecule has 27 heavy (non-hydrogen) atoms. The monoisotopic (exact) mass is 436 g/mol. The molecule has 12 heteroatoms. The summed E-state index contributed by atoms with van der Waals surface area (Å²) in [6.45, 7) is 0. The van der Waals surface area contributed by atoms with Crippen LogP contribution in [0.4, 0.5) is 18.9 Å². The van der Waals surface area contributed by atoms with Crippen molar-refractivity contribution in [3.05, 3.63) is 64.7 Å². The van der Waals surface area contributed by atoms with Gasteiger partial charge >= 0.3 is 6.18 Å². The number of aromatic nitrogens is 3. The molecule has 3 rings (SSSR count). The van der Waals surface area contributed by atoms with Crippen molar-refractivity contribution in [1.82, 2.24) is 14.8 Å². The molecule has 0 aliphatic rings. The molecule has 142 valence electrons. The molecule has 0 atom stereocenters. The Bertz CT molecular complexity index is 1090. The van der Waals surface area contributed by atoms with Crippen LogP contribution in [-0.2, 0) is 16.2 Å². The Morgan fingerprint density at radius 2 is 1.78 bits per heavy atom. The molecular weight excluding hydrogens is 428 g/mol. The smallest absolute Gasteiger partial charge is 0.277 e. The molecule has 0 saturated heterocycles. The lowest BCUT2D eigenvalue weighted by Crippen LogP contribution is -2.16. The van der Waals surface area contributed by atoms with Crippen LogP contribution in [0.25, 0.3) is 5.69 Å². The van der Waals surface area contributed by atoms with Crippen molar-refractivity contribution < 1.29 is 21.6 Å². The summed E-state index contributed by atoms with van der Waals surface area (Å²) in [6, 6.07) is 6.11. The predicted octanol–water partition coefficient (Wildman–Crippen LogP) is 4.39. The minimum Gasteiger partial charge on any atom is -0.277 e. The fourth-order valence-corrected chi connectivity index (χ4v) is 3.63. The van der Waals surface area contributed by atoms with E-state index in [2.05, 4.69) is 14.8 Å². The number of alkyl halides is 3. The third-order valence-electron chi connectivity index (χ3n) is 3.44. The van der Waals surface area contributed by atoms with Gasteiger partial charge in [0.25, 0.3) is 10.0 Å². The molecule has 0 aliphatic heterocycles. The molecule has 0 radical (unpaired) electrons. The number of hydrogen-bond acceptors (Lipinski definition) is 4. The van der Waals surface area contributed by atoms with E-state index in [0.29, 0.717) is 6.07 Å². The summed E-state index contributed by atoms with van der Waals surface area (Å²) in [5.74, 6) is 0. The summed E-state index contributed by atoms with van der Waals surface area (Å²) in [7, 11) is -4.25. The van der Waals surface area contributed by atoms with E-state index in [1.165, 1.54) is 18.5 Å². The van der Waals surface area contributed by atoms with E-state index in [-0.39, 0.29) is 26.3 Å². The van der Waals surface area contributed by atoms with Gasteiger partial charge in [-0.3, -0.25) is 4.72 Å². The van der Waals surface area contributed by atoms with Crippen LogP contribution in [0.1, 0.15) is 5.56 Å². The summed E-state index contributed by atoms with van der Waals surface area (Å²) in [6.07, 6.45) is -2.28. The molecule has 0 amide bonds. The van der Waals surface area contributed by atoms with Crippen LogP contribution in [0.3, 0.4) is 0 Å². The van der Waals surface area contributed by atoms with Gasteiger partial charge in [-0.25, -0.2) is 18.1 Å². The van der Waals surface area contributed by atoms with Crippen LogP contribution in [0.15, 0.2) is 53.9 Å². The molecule has 6 nitrogen and oxygen atoms in total. The highest BCUT2D eigenvalue weighted by Gasteiger charge is 2.32. The molecular formula is C15H9Cl2F3N4O2S. The molecule has 1 N–H and O–H groups in total. The molecule has 0 saturated carbocycles. The van der Waals surface area contributed by atoms with Gasteiger partial charge in [0.15, 0.2) is 0 Å². The van der Waals surface area contributed by atoms with E-state index in [1.54, 1.807) is 0 Å². The second-order valence-corrected chi connectivity index (χ2v) is 7.75. The van der Waals surface area contributed by atoms with Gasteiger partial charge in [0.05, 0.1) is 31.9 Å². The molecule has 0 spiro atoms. The Morgan fingerprint density at radius 3 is 2.37 bits per heavy atom. The minimum absolute atomic E-state index is 0.0138. The Kier molecular flexibility index (Phi) is 5.06. The molecule has 2 aromatic carbocycles. The summed E-state index contributed by atoms with van der Waals surface area (Å²) in [5.41, 5.74) is -1.30. The Morgan fingerprint density at radius 1 is 1.04 bits per heavy atom. The number of sulfonamides is 1. The zero-order valence-corrected chi connectivity index (χ0v) is 15.4. The van der Waals surface area contributed by atoms with Gasteiger partial charge in [-0.05, 0) is 36.4 Å². The number of anilines is 1. The molecule has 1 aromatic heterocycles. The van der Waals surface area contributed by atoms with Crippen molar-refractivity contribution in [1.29, 1.82) is 0 Å². The highest BCUT2D eigenvalue weighted by molar-refractivity contribution is 7.92. The number of nitrogens with one attached hydrogen (secondary N) is 1. The molecule has 3 aromatic rings. The van der Waals surface area contributed by atoms with Gasteiger partial charge in [-0.1, -0.05) is 23.2 Å². The van der Waals surface area contributed by atoms with Crippen LogP contribution in [-0.4, -0.2) is 23.2 Å². The lowest BCUT2D eigenvalue weighted by atomic mass is 10.1. The van der Waals surface area contributed by atoms with Crippen molar-refractivity contribution in [2.75, 3.05) is 4.72 Å². The van der Waals surface area contributed by atoms with E-state index in [4.69, 9.17) is 23.2 Å². The number of benzene rings is 2. The topological polar surface area (TPSA) is 76.9 Å². The van der Waals surface area contributed by atoms with E-state index in [0.717, 1.165) is 29.2 Å². The maximum absolute atomic E-state index is 13.1. The first-order valence-electron chi connectivity index (χ1n) is 7.12. The minimum atomic E-state index is -4.66. The first-order chi connectivity index (χ1) is 12.6. The average Bonchev–Trinajstić information content (AvgIpc) is 3.10. The fraction of sp³-hybridized carbons (Fsp3) is 0.0667. The van der Waals surface area contributed by atoms with Crippen molar-refractivity contribution in [3.8, 4) is 5.69 Å². The van der Waals surface area contributed by atoms with Gasteiger partial charge in [0.1, 0.15) is 12.7 Å². The maximum atomic E-state index is 13.1. The Balaban J connectivity index is 2.09. The van der Waals surface area contributed by atoms with Crippen molar-refractivity contribution in [3.63, 3.8) is 0 Å². The first-order valence-corrected chi connectivity index (χ1v) is 9.36. The van der Waals surface area contributed by atoms with Gasteiger partial charge in [0, 0.05) is 0 Å². The normalized spacial score (nSPS) is 12.2. The second kappa shape index (κ2) is 7.02. The molecule has 0 bridgehead atoms. The van der Waals surface area contributed by atoms with Gasteiger partial charge < -0.3 is 0 Å². The van der Waals surface area contributed by atoms with Gasteiger partial charge in [-0.2, -0.15) is 18.3 Å². The maximum Gasteiger partial charge on any atom is 0.416 e. The summed E-state index contributed by atoms with van der Waals surface area (Å²) in [5, 5.41) is 3.94. The third-order valence-corrected chi connectivity index (χ3v) is 5.54. The summed E-state index contributed by atoms with van der Waals surface area (Å²) < 4.78 is 67.6. The average molecular weight is 437 g/mol. The zero-order chi connectivity index (χ0) is 19.8. The number of nitrogens with zero attached hydrogens (tertiary/aromatic N) is 3. The predicted molar refractivity (Wildman–Crippen MR) is 93.6 cm³/mol. The molecule has 0 fully saturated rings. The first kappa shape index (κ1) is 19.5. The lowest BCUT2D eigenvalue weighted by molar-refractivity contribution is -0.137. The van der Waals surface area contributed by atoms with Crippen LogP contribution >= 0.6 is 23.2 Å². The lowest BCUT2D eigenvalue weighted by Gasteiger charge is -2.15. The zero-order valence-electron chi connectivity index (χ0n) is 13.1. The Hall–Kier alpha value is -2.30. The standard InChI is InChI=1S/C15H9Cl2F3N4O2S/c16-11-3-2-10(6-12(11)17)27(25,26)23-13-5-9(15(18,19)20)1-4-14(13)24-8-21-7-22-24/h1-8,23H. The molecule has 0 aliphatic carbocycles. The SMILES string of the molecule is O=S(=O)(Nc1cc(C(F)(F)F)ccc1-n1cncn1)c1ccc(Cl)c(Cl)c1. The summed E-state index contributed by atoms with van der Waals surface area (Å²) in [4.78, 5) is 3.44.